The number of hydrogen-bond donors (Lipinski definition) is 2. The molecule has 2 atom stereocenters. The second-order valence-electron chi connectivity index (χ2n) is 9.97. The van der Waals surface area contributed by atoms with Gasteiger partial charge < -0.3 is 29.7 Å². The van der Waals surface area contributed by atoms with Gasteiger partial charge in [0, 0.05) is 18.5 Å². The van der Waals surface area contributed by atoms with E-state index in [1.165, 1.54) is 13.5 Å². The number of methoxy groups -OCH3 is 1. The van der Waals surface area contributed by atoms with E-state index in [1.54, 1.807) is 4.90 Å². The Kier molecular flexibility index (Phi) is 11.7. The first-order valence-electron chi connectivity index (χ1n) is 13.7. The lowest BCUT2D eigenvalue weighted by atomic mass is 9.84. The average molecular weight is 532 g/mol. The van der Waals surface area contributed by atoms with E-state index in [0.717, 1.165) is 37.0 Å². The van der Waals surface area contributed by atoms with Crippen molar-refractivity contribution in [2.24, 2.45) is 5.92 Å². The Balaban J connectivity index is 1.62. The molecule has 2 N–H and O–H groups in total. The number of fused-ring (bicyclic) bond motifs is 1. The zero-order chi connectivity index (χ0) is 27.3. The predicted molar refractivity (Wildman–Crippen MR) is 140 cm³/mol. The summed E-state index contributed by atoms with van der Waals surface area (Å²) in [6.45, 7) is 3.36. The van der Waals surface area contributed by atoms with Gasteiger partial charge in [0.2, 0.25) is 11.8 Å². The second kappa shape index (κ2) is 15.2. The highest BCUT2D eigenvalue weighted by Crippen LogP contribution is 2.27. The summed E-state index contributed by atoms with van der Waals surface area (Å²) in [5, 5.41) is 5.41. The number of nitrogens with one attached hydrogen (secondary N) is 2. The Morgan fingerprint density at radius 3 is 2.58 bits per heavy atom. The van der Waals surface area contributed by atoms with Crippen molar-refractivity contribution >= 4 is 23.9 Å². The smallest absolute Gasteiger partial charge is 0.407 e. The van der Waals surface area contributed by atoms with Crippen LogP contribution in [0.3, 0.4) is 0 Å². The highest BCUT2D eigenvalue weighted by molar-refractivity contribution is 5.90. The maximum atomic E-state index is 13.3. The van der Waals surface area contributed by atoms with Crippen LogP contribution in [0.25, 0.3) is 0 Å². The number of hydrogen-bond acceptors (Lipinski definition) is 7. The number of ether oxygens (including phenoxy) is 3. The van der Waals surface area contributed by atoms with E-state index < -0.39 is 30.1 Å². The number of para-hydroxylation sites is 1. The van der Waals surface area contributed by atoms with E-state index in [1.807, 2.05) is 31.2 Å². The number of nitrogens with zero attached hydrogens (tertiary/aromatic N) is 1. The first-order chi connectivity index (χ1) is 18.4. The van der Waals surface area contributed by atoms with Crippen LogP contribution in [0.4, 0.5) is 4.79 Å². The van der Waals surface area contributed by atoms with Crippen molar-refractivity contribution in [1.82, 2.24) is 15.5 Å². The van der Waals surface area contributed by atoms with Crippen LogP contribution in [0.1, 0.15) is 70.3 Å². The Hall–Kier alpha value is -3.30. The maximum Gasteiger partial charge on any atom is 0.407 e. The molecule has 0 unspecified atom stereocenters. The summed E-state index contributed by atoms with van der Waals surface area (Å²) in [6.07, 6.45) is 5.95. The van der Waals surface area contributed by atoms with E-state index >= 15 is 0 Å². The van der Waals surface area contributed by atoms with Gasteiger partial charge in [-0.1, -0.05) is 57.2 Å². The third-order valence-electron chi connectivity index (χ3n) is 7.09. The molecular weight excluding hydrogens is 490 g/mol. The molecular formula is C28H41N3O7. The fraction of sp³-hybridized carbons (Fsp3) is 0.643. The summed E-state index contributed by atoms with van der Waals surface area (Å²) in [5.41, 5.74) is 0.919. The van der Waals surface area contributed by atoms with E-state index in [4.69, 9.17) is 14.2 Å². The maximum absolute atomic E-state index is 13.3. The van der Waals surface area contributed by atoms with Gasteiger partial charge in [-0.05, 0) is 31.2 Å². The molecule has 1 heterocycles. The zero-order valence-electron chi connectivity index (χ0n) is 22.5. The van der Waals surface area contributed by atoms with Crippen molar-refractivity contribution in [3.63, 3.8) is 0 Å². The van der Waals surface area contributed by atoms with Crippen LogP contribution >= 0.6 is 0 Å². The van der Waals surface area contributed by atoms with E-state index in [9.17, 15) is 19.2 Å². The van der Waals surface area contributed by atoms with E-state index in [2.05, 4.69) is 10.6 Å². The van der Waals surface area contributed by atoms with Gasteiger partial charge in [0.25, 0.3) is 0 Å². The SMILES string of the molecule is CCCOC(=O)N[C@@H](CC1CCCCC1)C(=O)N[C@@H](CCC(=O)N1CCOc2ccccc2C1)C(=O)OC. The summed E-state index contributed by atoms with van der Waals surface area (Å²) >= 11 is 0. The normalized spacial score (nSPS) is 17.2. The predicted octanol–water partition coefficient (Wildman–Crippen LogP) is 3.32. The Bertz CT molecular complexity index is 948. The summed E-state index contributed by atoms with van der Waals surface area (Å²) in [7, 11) is 1.24. The molecule has 1 aromatic carbocycles. The van der Waals surface area contributed by atoms with Gasteiger partial charge in [-0.15, -0.1) is 0 Å². The molecule has 2 aliphatic rings. The number of carbonyl (C=O) groups is 4. The molecule has 1 saturated carbocycles. The van der Waals surface area contributed by atoms with Gasteiger partial charge in [-0.25, -0.2) is 9.59 Å². The van der Waals surface area contributed by atoms with Crippen molar-refractivity contribution < 1.29 is 33.4 Å². The second-order valence-corrected chi connectivity index (χ2v) is 9.97. The Labute approximate surface area is 224 Å². The average Bonchev–Trinajstić information content (AvgIpc) is 3.16. The molecule has 38 heavy (non-hydrogen) atoms. The lowest BCUT2D eigenvalue weighted by Gasteiger charge is -2.28. The van der Waals surface area contributed by atoms with Crippen LogP contribution in [0.5, 0.6) is 5.75 Å². The highest BCUT2D eigenvalue weighted by atomic mass is 16.5. The molecule has 1 fully saturated rings. The lowest BCUT2D eigenvalue weighted by molar-refractivity contribution is -0.146. The zero-order valence-corrected chi connectivity index (χ0v) is 22.5. The van der Waals surface area contributed by atoms with Crippen LogP contribution in [0.2, 0.25) is 0 Å². The molecule has 3 amide bonds. The quantitative estimate of drug-likeness (QED) is 0.420. The summed E-state index contributed by atoms with van der Waals surface area (Å²) < 4.78 is 15.8. The topological polar surface area (TPSA) is 123 Å². The Morgan fingerprint density at radius 1 is 1.08 bits per heavy atom. The first kappa shape index (κ1) is 29.3. The molecule has 210 valence electrons. The fourth-order valence-electron chi connectivity index (χ4n) is 4.99. The van der Waals surface area contributed by atoms with Crippen LogP contribution < -0.4 is 15.4 Å². The van der Waals surface area contributed by atoms with Crippen LogP contribution in [0, 0.1) is 5.92 Å². The molecule has 1 aliphatic heterocycles. The van der Waals surface area contributed by atoms with Gasteiger partial charge in [0.15, 0.2) is 0 Å². The van der Waals surface area contributed by atoms with Gasteiger partial charge >= 0.3 is 12.1 Å². The van der Waals surface area contributed by atoms with Crippen LogP contribution in [-0.4, -0.2) is 67.7 Å². The van der Waals surface area contributed by atoms with E-state index in [-0.39, 0.29) is 25.4 Å². The number of rotatable bonds is 11. The molecule has 10 nitrogen and oxygen atoms in total. The van der Waals surface area contributed by atoms with Crippen molar-refractivity contribution in [1.29, 1.82) is 0 Å². The number of esters is 1. The van der Waals surface area contributed by atoms with E-state index in [0.29, 0.717) is 38.5 Å². The van der Waals surface area contributed by atoms with Crippen molar-refractivity contribution in [2.45, 2.75) is 83.3 Å². The van der Waals surface area contributed by atoms with Crippen molar-refractivity contribution in [3.05, 3.63) is 29.8 Å². The Morgan fingerprint density at radius 2 is 1.84 bits per heavy atom. The number of alkyl carbamates (subject to hydrolysis) is 1. The third-order valence-corrected chi connectivity index (χ3v) is 7.09. The van der Waals surface area contributed by atoms with Gasteiger partial charge in [-0.2, -0.15) is 0 Å². The lowest BCUT2D eigenvalue weighted by Crippen LogP contribution is -2.52. The molecule has 0 aromatic heterocycles. The van der Waals surface area contributed by atoms with Crippen LogP contribution in [0.15, 0.2) is 24.3 Å². The fourth-order valence-corrected chi connectivity index (χ4v) is 4.99. The molecule has 0 radical (unpaired) electrons. The summed E-state index contributed by atoms with van der Waals surface area (Å²) in [4.78, 5) is 52.8. The third kappa shape index (κ3) is 8.92. The van der Waals surface area contributed by atoms with Crippen molar-refractivity contribution in [3.8, 4) is 5.75 Å². The molecule has 1 aromatic rings. The monoisotopic (exact) mass is 531 g/mol. The largest absolute Gasteiger partial charge is 0.491 e. The summed E-state index contributed by atoms with van der Waals surface area (Å²) in [5.74, 6) is -0.202. The van der Waals surface area contributed by atoms with Gasteiger partial charge in [-0.3, -0.25) is 9.59 Å². The molecule has 0 saturated heterocycles. The molecule has 0 spiro atoms. The molecule has 3 rings (SSSR count). The highest BCUT2D eigenvalue weighted by Gasteiger charge is 2.31. The standard InChI is InChI=1S/C28H41N3O7/c1-3-16-38-28(35)30-23(18-20-9-5-4-6-10-20)26(33)29-22(27(34)36-2)13-14-25(32)31-15-17-37-24-12-8-7-11-21(24)19-31/h7-8,11-12,20,22-23H,3-6,9-10,13-19H2,1-2H3,(H,29,33)(H,30,35)/t22-,23-/m0/s1. The number of carbonyl (C=O) groups excluding carboxylic acids is 4. The first-order valence-corrected chi connectivity index (χ1v) is 13.7. The minimum Gasteiger partial charge on any atom is -0.491 e. The number of amides is 3. The minimum atomic E-state index is -1.02. The van der Waals surface area contributed by atoms with Crippen LogP contribution in [-0.2, 0) is 30.4 Å². The number of benzene rings is 1. The minimum absolute atomic E-state index is 0.0431. The molecule has 0 bridgehead atoms. The molecule has 10 heteroatoms. The van der Waals surface area contributed by atoms with Gasteiger partial charge in [0.1, 0.15) is 24.4 Å². The van der Waals surface area contributed by atoms with Crippen molar-refractivity contribution in [2.75, 3.05) is 26.9 Å². The molecule has 1 aliphatic carbocycles. The summed E-state index contributed by atoms with van der Waals surface area (Å²) in [6, 6.07) is 5.72. The van der Waals surface area contributed by atoms with Gasteiger partial charge in [0.05, 0.1) is 20.3 Å².